The molecular formula is C27H38N2O6. The number of methoxy groups -OCH3 is 1. The Morgan fingerprint density at radius 1 is 1.17 bits per heavy atom. The van der Waals surface area contributed by atoms with Crippen molar-refractivity contribution in [2.75, 3.05) is 7.11 Å². The standard InChI is InChI=1S/C27H38N2O6/c1-25(2)17-12-13-27(25,5)22-21(17)29-23(34-22)20(26(3,4)35-29)18(14-19(30)32-6)28-24(31)33-15-16-10-8-7-9-11-16/h7-11,17-18,20-23H,12-15H2,1-6H3,(H,28,31)/t17-,18+,20+,21-,22-,23+,27+/m0/s1. The van der Waals surface area contributed by atoms with Gasteiger partial charge in [-0.25, -0.2) is 4.79 Å². The van der Waals surface area contributed by atoms with Crippen molar-refractivity contribution >= 4 is 12.1 Å². The molecular weight excluding hydrogens is 448 g/mol. The van der Waals surface area contributed by atoms with Crippen molar-refractivity contribution in [3.8, 4) is 0 Å². The van der Waals surface area contributed by atoms with Gasteiger partial charge < -0.3 is 19.5 Å². The molecule has 192 valence electrons. The van der Waals surface area contributed by atoms with Gasteiger partial charge in [0, 0.05) is 5.41 Å². The van der Waals surface area contributed by atoms with Crippen LogP contribution in [0.25, 0.3) is 0 Å². The monoisotopic (exact) mass is 486 g/mol. The van der Waals surface area contributed by atoms with E-state index in [0.717, 1.165) is 18.4 Å². The summed E-state index contributed by atoms with van der Waals surface area (Å²) < 4.78 is 17.2. The molecule has 0 spiro atoms. The number of alkyl carbamates (subject to hydrolysis) is 1. The number of carbonyl (C=O) groups excluding carboxylic acids is 2. The number of nitrogens with one attached hydrogen (secondary N) is 1. The van der Waals surface area contributed by atoms with Gasteiger partial charge >= 0.3 is 12.1 Å². The van der Waals surface area contributed by atoms with E-state index in [1.807, 2.05) is 49.2 Å². The Kier molecular flexibility index (Phi) is 5.93. The average Bonchev–Trinajstić information content (AvgIpc) is 3.41. The van der Waals surface area contributed by atoms with Crippen LogP contribution in [-0.4, -0.2) is 54.3 Å². The van der Waals surface area contributed by atoms with Crippen LogP contribution in [0.1, 0.15) is 59.4 Å². The Balaban J connectivity index is 1.37. The van der Waals surface area contributed by atoms with Gasteiger partial charge in [0.1, 0.15) is 12.8 Å². The van der Waals surface area contributed by atoms with Gasteiger partial charge in [0.05, 0.1) is 43.2 Å². The lowest BCUT2D eigenvalue weighted by molar-refractivity contribution is -0.221. The number of hydrogen-bond donors (Lipinski definition) is 1. The largest absolute Gasteiger partial charge is 0.469 e. The number of nitrogens with zero attached hydrogens (tertiary/aromatic N) is 1. The molecule has 7 atom stereocenters. The molecule has 2 heterocycles. The molecule has 2 aliphatic carbocycles. The van der Waals surface area contributed by atoms with E-state index in [0.29, 0.717) is 5.92 Å². The quantitative estimate of drug-likeness (QED) is 0.608. The molecule has 8 heteroatoms. The molecule has 8 nitrogen and oxygen atoms in total. The minimum absolute atomic E-state index is 0.00359. The molecule has 2 saturated heterocycles. The summed E-state index contributed by atoms with van der Waals surface area (Å²) in [6.07, 6.45) is 1.41. The molecule has 2 aliphatic heterocycles. The Morgan fingerprint density at radius 2 is 1.89 bits per heavy atom. The number of hydroxylamine groups is 2. The predicted octanol–water partition coefficient (Wildman–Crippen LogP) is 4.04. The molecule has 0 unspecified atom stereocenters. The van der Waals surface area contributed by atoms with Crippen molar-refractivity contribution in [2.45, 2.75) is 90.5 Å². The molecule has 5 rings (SSSR count). The summed E-state index contributed by atoms with van der Waals surface area (Å²) in [5, 5.41) is 4.99. The van der Waals surface area contributed by atoms with Crippen molar-refractivity contribution in [3.63, 3.8) is 0 Å². The Hall–Kier alpha value is -2.16. The minimum Gasteiger partial charge on any atom is -0.469 e. The first-order chi connectivity index (χ1) is 16.5. The zero-order valence-corrected chi connectivity index (χ0v) is 21.6. The molecule has 1 aromatic rings. The third kappa shape index (κ3) is 3.76. The van der Waals surface area contributed by atoms with E-state index in [2.05, 4.69) is 26.1 Å². The van der Waals surface area contributed by atoms with Crippen LogP contribution in [0.3, 0.4) is 0 Å². The molecule has 1 amide bonds. The van der Waals surface area contributed by atoms with Gasteiger partial charge in [-0.3, -0.25) is 9.63 Å². The molecule has 1 N–H and O–H groups in total. The summed E-state index contributed by atoms with van der Waals surface area (Å²) in [4.78, 5) is 31.8. The number of benzene rings is 1. The van der Waals surface area contributed by atoms with Crippen molar-refractivity contribution in [2.24, 2.45) is 22.7 Å². The lowest BCUT2D eigenvalue weighted by Gasteiger charge is -2.40. The highest BCUT2D eigenvalue weighted by atomic mass is 16.8. The molecule has 35 heavy (non-hydrogen) atoms. The van der Waals surface area contributed by atoms with Crippen LogP contribution in [0.15, 0.2) is 30.3 Å². The number of hydrogen-bond acceptors (Lipinski definition) is 7. The second-order valence-corrected chi connectivity index (χ2v) is 11.9. The molecule has 2 bridgehead atoms. The van der Waals surface area contributed by atoms with Gasteiger partial charge in [0.25, 0.3) is 0 Å². The summed E-state index contributed by atoms with van der Waals surface area (Å²) in [6.45, 7) is 11.2. The summed E-state index contributed by atoms with van der Waals surface area (Å²) >= 11 is 0. The molecule has 0 aromatic heterocycles. The van der Waals surface area contributed by atoms with Gasteiger partial charge in [-0.05, 0) is 43.6 Å². The zero-order valence-electron chi connectivity index (χ0n) is 21.6. The van der Waals surface area contributed by atoms with E-state index >= 15 is 0 Å². The molecule has 4 aliphatic rings. The fraction of sp³-hybridized carbons (Fsp3) is 0.704. The first kappa shape index (κ1) is 24.5. The summed E-state index contributed by atoms with van der Waals surface area (Å²) in [5.74, 6) is -0.221. The van der Waals surface area contributed by atoms with Crippen LogP contribution in [0.2, 0.25) is 0 Å². The number of fused-ring (bicyclic) bond motifs is 7. The smallest absolute Gasteiger partial charge is 0.407 e. The lowest BCUT2D eigenvalue weighted by Crippen LogP contribution is -2.52. The number of esters is 1. The van der Waals surface area contributed by atoms with E-state index in [1.165, 1.54) is 7.11 Å². The maximum atomic E-state index is 12.8. The van der Waals surface area contributed by atoms with Crippen LogP contribution < -0.4 is 5.32 Å². The Bertz CT molecular complexity index is 981. The first-order valence-corrected chi connectivity index (χ1v) is 12.7. The van der Waals surface area contributed by atoms with E-state index in [4.69, 9.17) is 19.0 Å². The van der Waals surface area contributed by atoms with Crippen molar-refractivity contribution < 1.29 is 28.6 Å². The number of ether oxygens (including phenoxy) is 3. The fourth-order valence-corrected chi connectivity index (χ4v) is 7.34. The van der Waals surface area contributed by atoms with Crippen molar-refractivity contribution in [1.29, 1.82) is 0 Å². The van der Waals surface area contributed by atoms with E-state index in [9.17, 15) is 9.59 Å². The second kappa shape index (κ2) is 8.46. The van der Waals surface area contributed by atoms with E-state index in [-0.39, 0.29) is 48.1 Å². The third-order valence-corrected chi connectivity index (χ3v) is 9.57. The van der Waals surface area contributed by atoms with Gasteiger partial charge in [-0.1, -0.05) is 51.1 Å². The van der Waals surface area contributed by atoms with Crippen LogP contribution in [0.5, 0.6) is 0 Å². The molecule has 1 aromatic carbocycles. The summed E-state index contributed by atoms with van der Waals surface area (Å²) in [6, 6.07) is 9.09. The Morgan fingerprint density at radius 3 is 2.57 bits per heavy atom. The maximum absolute atomic E-state index is 12.8. The van der Waals surface area contributed by atoms with E-state index in [1.54, 1.807) is 0 Å². The predicted molar refractivity (Wildman–Crippen MR) is 128 cm³/mol. The summed E-state index contributed by atoms with van der Waals surface area (Å²) in [5.41, 5.74) is 0.448. The highest BCUT2D eigenvalue weighted by molar-refractivity contribution is 5.72. The maximum Gasteiger partial charge on any atom is 0.407 e. The van der Waals surface area contributed by atoms with Crippen LogP contribution in [0, 0.1) is 22.7 Å². The molecule has 2 saturated carbocycles. The fourth-order valence-electron chi connectivity index (χ4n) is 7.34. The zero-order chi connectivity index (χ0) is 25.2. The van der Waals surface area contributed by atoms with Crippen LogP contribution in [-0.2, 0) is 30.4 Å². The molecule has 4 fully saturated rings. The van der Waals surface area contributed by atoms with Gasteiger partial charge in [-0.15, -0.1) is 0 Å². The van der Waals surface area contributed by atoms with E-state index < -0.39 is 23.7 Å². The highest BCUT2D eigenvalue weighted by Gasteiger charge is 2.75. The van der Waals surface area contributed by atoms with Gasteiger partial charge in [-0.2, -0.15) is 5.06 Å². The highest BCUT2D eigenvalue weighted by Crippen LogP contribution is 2.70. The number of amides is 1. The second-order valence-electron chi connectivity index (χ2n) is 11.9. The van der Waals surface area contributed by atoms with Gasteiger partial charge in [0.15, 0.2) is 0 Å². The average molecular weight is 487 g/mol. The molecule has 0 radical (unpaired) electrons. The van der Waals surface area contributed by atoms with Crippen molar-refractivity contribution in [1.82, 2.24) is 10.4 Å². The summed E-state index contributed by atoms with van der Waals surface area (Å²) in [7, 11) is 1.35. The SMILES string of the molecule is COC(=O)C[C@@H](NC(=O)OCc1ccccc1)[C@@H]1[C@H]2O[C@H]3[C@H]([C@@H]4CC[C@@]3(C)C4(C)C)N2OC1(C)C. The number of carbonyl (C=O) groups is 2. The first-order valence-electron chi connectivity index (χ1n) is 12.7. The minimum atomic E-state index is -0.659. The van der Waals surface area contributed by atoms with Crippen molar-refractivity contribution in [3.05, 3.63) is 35.9 Å². The Labute approximate surface area is 207 Å². The van der Waals surface area contributed by atoms with Gasteiger partial charge in [0.2, 0.25) is 0 Å². The topological polar surface area (TPSA) is 86.3 Å². The number of rotatable bonds is 6. The normalized spacial score (nSPS) is 36.9. The third-order valence-electron chi connectivity index (χ3n) is 9.57. The van der Waals surface area contributed by atoms with Crippen LogP contribution in [0.4, 0.5) is 4.79 Å². The lowest BCUT2D eigenvalue weighted by atomic mass is 9.70. The van der Waals surface area contributed by atoms with Crippen LogP contribution >= 0.6 is 0 Å².